The Morgan fingerprint density at radius 2 is 1.96 bits per heavy atom. The van der Waals surface area contributed by atoms with Crippen molar-refractivity contribution in [2.45, 2.75) is 13.5 Å². The van der Waals surface area contributed by atoms with Crippen LogP contribution in [0.15, 0.2) is 48.5 Å². The normalized spacial score (nSPS) is 10.7. The van der Waals surface area contributed by atoms with Crippen LogP contribution in [0.5, 0.6) is 0 Å². The number of anilines is 1. The molecule has 25 heavy (non-hydrogen) atoms. The number of aryl methyl sites for hydroxylation is 1. The molecule has 128 valence electrons. The average molecular weight is 486 g/mol. The van der Waals surface area contributed by atoms with Crippen LogP contribution >= 0.6 is 45.8 Å². The van der Waals surface area contributed by atoms with Gasteiger partial charge in [-0.3, -0.25) is 9.48 Å². The number of hydrogen-bond acceptors (Lipinski definition) is 2. The molecule has 0 aliphatic heterocycles. The first kappa shape index (κ1) is 18.2. The van der Waals surface area contributed by atoms with Crippen LogP contribution in [-0.2, 0) is 6.54 Å². The van der Waals surface area contributed by atoms with Crippen LogP contribution in [0.25, 0.3) is 0 Å². The summed E-state index contributed by atoms with van der Waals surface area (Å²) in [6, 6.07) is 14.6. The minimum Gasteiger partial charge on any atom is -0.305 e. The van der Waals surface area contributed by atoms with Crippen molar-refractivity contribution < 1.29 is 4.79 Å². The minimum absolute atomic E-state index is 0.181. The first-order valence-electron chi connectivity index (χ1n) is 7.48. The maximum Gasteiger partial charge on any atom is 0.257 e. The molecule has 4 nitrogen and oxygen atoms in total. The Labute approximate surface area is 169 Å². The zero-order chi connectivity index (χ0) is 18.0. The van der Waals surface area contributed by atoms with Gasteiger partial charge in [0.2, 0.25) is 0 Å². The molecule has 0 fully saturated rings. The molecular formula is C18H14Cl2IN3O. The summed E-state index contributed by atoms with van der Waals surface area (Å²) in [7, 11) is 0. The Bertz CT molecular complexity index is 940. The van der Waals surface area contributed by atoms with E-state index in [1.807, 2.05) is 37.3 Å². The van der Waals surface area contributed by atoms with E-state index in [0.717, 1.165) is 14.8 Å². The van der Waals surface area contributed by atoms with E-state index in [0.29, 0.717) is 28.0 Å². The maximum atomic E-state index is 12.4. The molecule has 0 spiro atoms. The monoisotopic (exact) mass is 485 g/mol. The first-order chi connectivity index (χ1) is 11.9. The third-order valence-corrected chi connectivity index (χ3v) is 5.20. The SMILES string of the molecule is Cc1cc(NC(=O)c2ccccc2I)nn1Cc1ccc(Cl)cc1Cl. The highest BCUT2D eigenvalue weighted by atomic mass is 127. The molecule has 0 saturated carbocycles. The Morgan fingerprint density at radius 1 is 1.20 bits per heavy atom. The van der Waals surface area contributed by atoms with Crippen molar-refractivity contribution in [3.05, 3.63) is 79.0 Å². The Balaban J connectivity index is 1.78. The molecule has 1 N–H and O–H groups in total. The van der Waals surface area contributed by atoms with Crippen LogP contribution in [0, 0.1) is 10.5 Å². The van der Waals surface area contributed by atoms with E-state index < -0.39 is 0 Å². The van der Waals surface area contributed by atoms with Crippen LogP contribution in [0.3, 0.4) is 0 Å². The molecule has 3 rings (SSSR count). The van der Waals surface area contributed by atoms with Gasteiger partial charge in [-0.05, 0) is 59.3 Å². The molecule has 0 unspecified atom stereocenters. The summed E-state index contributed by atoms with van der Waals surface area (Å²) in [6.45, 7) is 2.43. The van der Waals surface area contributed by atoms with E-state index in [4.69, 9.17) is 23.2 Å². The number of halogens is 3. The molecule has 0 radical (unpaired) electrons. The fourth-order valence-electron chi connectivity index (χ4n) is 2.37. The summed E-state index contributed by atoms with van der Waals surface area (Å²) in [5.41, 5.74) is 2.45. The van der Waals surface area contributed by atoms with Crippen LogP contribution < -0.4 is 5.32 Å². The van der Waals surface area contributed by atoms with Crippen LogP contribution in [0.4, 0.5) is 5.82 Å². The lowest BCUT2D eigenvalue weighted by molar-refractivity contribution is 0.102. The summed E-state index contributed by atoms with van der Waals surface area (Å²) in [5.74, 6) is 0.325. The second-order valence-electron chi connectivity index (χ2n) is 5.50. The number of benzene rings is 2. The molecule has 1 amide bonds. The number of amides is 1. The highest BCUT2D eigenvalue weighted by Crippen LogP contribution is 2.23. The van der Waals surface area contributed by atoms with E-state index in [-0.39, 0.29) is 5.91 Å². The average Bonchev–Trinajstić information content (AvgIpc) is 2.90. The third kappa shape index (κ3) is 4.34. The quantitative estimate of drug-likeness (QED) is 0.502. The van der Waals surface area contributed by atoms with E-state index in [2.05, 4.69) is 33.0 Å². The topological polar surface area (TPSA) is 46.9 Å². The van der Waals surface area contributed by atoms with Crippen molar-refractivity contribution >= 4 is 57.5 Å². The number of aromatic nitrogens is 2. The lowest BCUT2D eigenvalue weighted by atomic mass is 10.2. The van der Waals surface area contributed by atoms with Gasteiger partial charge in [-0.15, -0.1) is 0 Å². The van der Waals surface area contributed by atoms with Gasteiger partial charge in [0.15, 0.2) is 5.82 Å². The zero-order valence-corrected chi connectivity index (χ0v) is 16.9. The van der Waals surface area contributed by atoms with Gasteiger partial charge in [-0.1, -0.05) is 41.4 Å². The smallest absolute Gasteiger partial charge is 0.257 e. The van der Waals surface area contributed by atoms with Crippen LogP contribution in [0.1, 0.15) is 21.6 Å². The molecule has 7 heteroatoms. The van der Waals surface area contributed by atoms with Gasteiger partial charge >= 0.3 is 0 Å². The Morgan fingerprint density at radius 3 is 2.68 bits per heavy atom. The van der Waals surface area contributed by atoms with Crippen molar-refractivity contribution in [2.75, 3.05) is 5.32 Å². The molecule has 3 aromatic rings. The van der Waals surface area contributed by atoms with Gasteiger partial charge < -0.3 is 5.32 Å². The molecule has 0 atom stereocenters. The molecule has 0 bridgehead atoms. The fraction of sp³-hybridized carbons (Fsp3) is 0.111. The summed E-state index contributed by atoms with van der Waals surface area (Å²) >= 11 is 14.3. The van der Waals surface area contributed by atoms with E-state index in [1.165, 1.54) is 0 Å². The number of nitrogens with one attached hydrogen (secondary N) is 1. The molecule has 0 aliphatic rings. The lowest BCUT2D eigenvalue weighted by Gasteiger charge is -2.07. The third-order valence-electron chi connectivity index (χ3n) is 3.68. The Kier molecular flexibility index (Phi) is 5.66. The fourth-order valence-corrected chi connectivity index (χ4v) is 3.47. The van der Waals surface area contributed by atoms with Gasteiger partial charge in [-0.2, -0.15) is 5.10 Å². The Hall–Kier alpha value is -1.57. The number of rotatable bonds is 4. The van der Waals surface area contributed by atoms with Crippen LogP contribution in [-0.4, -0.2) is 15.7 Å². The highest BCUT2D eigenvalue weighted by molar-refractivity contribution is 14.1. The van der Waals surface area contributed by atoms with E-state index in [1.54, 1.807) is 22.9 Å². The number of carbonyl (C=O) groups excluding carboxylic acids is 1. The predicted octanol–water partition coefficient (Wildman–Crippen LogP) is 5.40. The van der Waals surface area contributed by atoms with E-state index in [9.17, 15) is 4.79 Å². The first-order valence-corrected chi connectivity index (χ1v) is 9.32. The number of carbonyl (C=O) groups is 1. The molecule has 1 heterocycles. The summed E-state index contributed by atoms with van der Waals surface area (Å²) < 4.78 is 2.68. The van der Waals surface area contributed by atoms with Gasteiger partial charge in [0.25, 0.3) is 5.91 Å². The lowest BCUT2D eigenvalue weighted by Crippen LogP contribution is -2.14. The highest BCUT2D eigenvalue weighted by Gasteiger charge is 2.13. The molecular weight excluding hydrogens is 472 g/mol. The van der Waals surface area contributed by atoms with Crippen LogP contribution in [0.2, 0.25) is 10.0 Å². The summed E-state index contributed by atoms with van der Waals surface area (Å²) in [5, 5.41) is 8.48. The standard InChI is InChI=1S/C18H14Cl2IN3O/c1-11-8-17(22-18(25)14-4-2-3-5-16(14)21)23-24(11)10-12-6-7-13(19)9-15(12)20/h2-9H,10H2,1H3,(H,22,23,25). The summed E-state index contributed by atoms with van der Waals surface area (Å²) in [6.07, 6.45) is 0. The maximum absolute atomic E-state index is 12.4. The second-order valence-corrected chi connectivity index (χ2v) is 7.50. The predicted molar refractivity (Wildman–Crippen MR) is 110 cm³/mol. The number of hydrogen-bond donors (Lipinski definition) is 1. The van der Waals surface area contributed by atoms with E-state index >= 15 is 0 Å². The second kappa shape index (κ2) is 7.76. The van der Waals surface area contributed by atoms with Crippen molar-refractivity contribution in [1.82, 2.24) is 9.78 Å². The minimum atomic E-state index is -0.181. The van der Waals surface area contributed by atoms with Gasteiger partial charge in [-0.25, -0.2) is 0 Å². The van der Waals surface area contributed by atoms with Gasteiger partial charge in [0.05, 0.1) is 12.1 Å². The molecule has 1 aromatic heterocycles. The largest absolute Gasteiger partial charge is 0.305 e. The molecule has 0 saturated heterocycles. The van der Waals surface area contributed by atoms with Crippen molar-refractivity contribution in [3.63, 3.8) is 0 Å². The van der Waals surface area contributed by atoms with Gasteiger partial charge in [0, 0.05) is 25.4 Å². The van der Waals surface area contributed by atoms with Crippen molar-refractivity contribution in [1.29, 1.82) is 0 Å². The molecule has 0 aliphatic carbocycles. The molecule has 2 aromatic carbocycles. The number of nitrogens with zero attached hydrogens (tertiary/aromatic N) is 2. The van der Waals surface area contributed by atoms with Crippen molar-refractivity contribution in [2.24, 2.45) is 0 Å². The summed E-state index contributed by atoms with van der Waals surface area (Å²) in [4.78, 5) is 12.4. The van der Waals surface area contributed by atoms with Crippen molar-refractivity contribution in [3.8, 4) is 0 Å². The zero-order valence-electron chi connectivity index (χ0n) is 13.3. The van der Waals surface area contributed by atoms with Gasteiger partial charge in [0.1, 0.15) is 0 Å².